The number of carbonyl (C=O) groups excluding carboxylic acids is 2. The number of aromatic amines is 1. The number of fused-ring (bicyclic) bond motifs is 4. The first-order chi connectivity index (χ1) is 17.9. The lowest BCUT2D eigenvalue weighted by Crippen LogP contribution is -2.39. The van der Waals surface area contributed by atoms with Gasteiger partial charge < -0.3 is 15.6 Å². The summed E-state index contributed by atoms with van der Waals surface area (Å²) in [6.07, 6.45) is 1.36. The third-order valence-corrected chi connectivity index (χ3v) is 7.21. The van der Waals surface area contributed by atoms with Gasteiger partial charge in [-0.15, -0.1) is 0 Å². The summed E-state index contributed by atoms with van der Waals surface area (Å²) in [4.78, 5) is 35.0. The van der Waals surface area contributed by atoms with E-state index in [0.717, 1.165) is 29.4 Å². The van der Waals surface area contributed by atoms with Gasteiger partial charge in [0.25, 0.3) is 5.91 Å². The van der Waals surface area contributed by atoms with Crippen LogP contribution >= 0.6 is 0 Å². The van der Waals surface area contributed by atoms with Crippen molar-refractivity contribution < 1.29 is 14.0 Å². The van der Waals surface area contributed by atoms with E-state index < -0.39 is 11.7 Å². The van der Waals surface area contributed by atoms with Gasteiger partial charge in [-0.3, -0.25) is 9.59 Å². The summed E-state index contributed by atoms with van der Waals surface area (Å²) in [5.74, 6) is -1.47. The van der Waals surface area contributed by atoms with Gasteiger partial charge >= 0.3 is 0 Å². The molecular formula is C28H25FN6O2. The van der Waals surface area contributed by atoms with Crippen LogP contribution in [0.5, 0.6) is 0 Å². The Morgan fingerprint density at radius 3 is 2.73 bits per heavy atom. The first-order valence-corrected chi connectivity index (χ1v) is 12.3. The highest BCUT2D eigenvalue weighted by atomic mass is 19.1. The largest absolute Gasteiger partial charge is 0.366 e. The van der Waals surface area contributed by atoms with E-state index in [1.807, 2.05) is 30.9 Å². The van der Waals surface area contributed by atoms with Crippen molar-refractivity contribution in [1.29, 1.82) is 0 Å². The van der Waals surface area contributed by atoms with Gasteiger partial charge in [-0.2, -0.15) is 5.10 Å². The molecule has 0 radical (unpaired) electrons. The molecule has 0 saturated carbocycles. The lowest BCUT2D eigenvalue weighted by molar-refractivity contribution is 0.0668. The second kappa shape index (κ2) is 8.55. The minimum Gasteiger partial charge on any atom is -0.366 e. The molecule has 6 rings (SSSR count). The molecule has 1 unspecified atom stereocenters. The van der Waals surface area contributed by atoms with Crippen molar-refractivity contribution in [2.45, 2.75) is 32.7 Å². The summed E-state index contributed by atoms with van der Waals surface area (Å²) in [6, 6.07) is 15.5. The summed E-state index contributed by atoms with van der Waals surface area (Å²) in [5.41, 5.74) is 10.9. The molecule has 0 fully saturated rings. The molecule has 3 N–H and O–H groups in total. The average molecular weight is 497 g/mol. The molecule has 0 spiro atoms. The molecule has 2 aromatic carbocycles. The van der Waals surface area contributed by atoms with Crippen LogP contribution in [0.1, 0.15) is 57.7 Å². The smallest absolute Gasteiger partial charge is 0.273 e. The number of primary amides is 1. The van der Waals surface area contributed by atoms with E-state index in [0.29, 0.717) is 30.0 Å². The topological polar surface area (TPSA) is 109 Å². The van der Waals surface area contributed by atoms with E-state index in [4.69, 9.17) is 5.73 Å². The molecule has 2 amide bonds. The molecular weight excluding hydrogens is 471 g/mol. The summed E-state index contributed by atoms with van der Waals surface area (Å²) < 4.78 is 16.4. The van der Waals surface area contributed by atoms with Crippen molar-refractivity contribution in [1.82, 2.24) is 24.5 Å². The van der Waals surface area contributed by atoms with Gasteiger partial charge in [0.1, 0.15) is 11.5 Å². The zero-order chi connectivity index (χ0) is 25.8. The molecule has 8 nitrogen and oxygen atoms in total. The van der Waals surface area contributed by atoms with Crippen molar-refractivity contribution in [2.24, 2.45) is 5.73 Å². The zero-order valence-electron chi connectivity index (χ0n) is 20.5. The second-order valence-corrected chi connectivity index (χ2v) is 9.33. The third-order valence-electron chi connectivity index (χ3n) is 7.21. The SMILES string of the molecule is CCc1cc(C(=O)N2CCc3c([nH]c4ccccc34)C2C)nc2cc(-c3ccc(C(N)=O)cc3F)nn12. The Morgan fingerprint density at radius 2 is 1.97 bits per heavy atom. The van der Waals surface area contributed by atoms with E-state index in [1.54, 1.807) is 16.6 Å². The number of halogens is 1. The van der Waals surface area contributed by atoms with Crippen LogP contribution in [0.2, 0.25) is 0 Å². The molecule has 1 aliphatic heterocycles. The van der Waals surface area contributed by atoms with Crippen molar-refractivity contribution in [3.8, 4) is 11.3 Å². The second-order valence-electron chi connectivity index (χ2n) is 9.33. The molecule has 0 saturated heterocycles. The number of hydrogen-bond acceptors (Lipinski definition) is 4. The average Bonchev–Trinajstić information content (AvgIpc) is 3.50. The third kappa shape index (κ3) is 3.66. The predicted molar refractivity (Wildman–Crippen MR) is 138 cm³/mol. The molecule has 0 aliphatic carbocycles. The highest BCUT2D eigenvalue weighted by Crippen LogP contribution is 2.35. The van der Waals surface area contributed by atoms with Crippen LogP contribution in [0.15, 0.2) is 54.6 Å². The first-order valence-electron chi connectivity index (χ1n) is 12.3. The minimum atomic E-state index is -0.704. The highest BCUT2D eigenvalue weighted by Gasteiger charge is 2.32. The minimum absolute atomic E-state index is 0.0824. The summed E-state index contributed by atoms with van der Waals surface area (Å²) in [7, 11) is 0. The van der Waals surface area contributed by atoms with E-state index in [-0.39, 0.29) is 23.1 Å². The Balaban J connectivity index is 1.37. The van der Waals surface area contributed by atoms with Crippen LogP contribution in [0.4, 0.5) is 4.39 Å². The Morgan fingerprint density at radius 1 is 1.16 bits per heavy atom. The number of H-pyrrole nitrogens is 1. The quantitative estimate of drug-likeness (QED) is 0.383. The van der Waals surface area contributed by atoms with Gasteiger partial charge in [0.05, 0.1) is 11.7 Å². The number of para-hydroxylation sites is 1. The molecule has 1 aliphatic rings. The van der Waals surface area contributed by atoms with Gasteiger partial charge in [0, 0.05) is 46.0 Å². The van der Waals surface area contributed by atoms with E-state index in [2.05, 4.69) is 27.2 Å². The van der Waals surface area contributed by atoms with Crippen molar-refractivity contribution >= 4 is 28.4 Å². The lowest BCUT2D eigenvalue weighted by atomic mass is 9.98. The van der Waals surface area contributed by atoms with Crippen molar-refractivity contribution in [3.05, 3.63) is 88.6 Å². The number of benzene rings is 2. The Labute approximate surface area is 211 Å². The van der Waals surface area contributed by atoms with Crippen LogP contribution in [0, 0.1) is 5.82 Å². The maximum atomic E-state index is 14.8. The summed E-state index contributed by atoms with van der Waals surface area (Å²) >= 11 is 0. The maximum absolute atomic E-state index is 14.8. The monoisotopic (exact) mass is 496 g/mol. The number of hydrogen-bond donors (Lipinski definition) is 2. The Hall–Kier alpha value is -4.53. The lowest BCUT2D eigenvalue weighted by Gasteiger charge is -2.33. The van der Waals surface area contributed by atoms with E-state index >= 15 is 0 Å². The molecule has 0 bridgehead atoms. The van der Waals surface area contributed by atoms with Crippen molar-refractivity contribution in [3.63, 3.8) is 0 Å². The van der Waals surface area contributed by atoms with Crippen LogP contribution in [0.3, 0.4) is 0 Å². The number of aromatic nitrogens is 4. The summed E-state index contributed by atoms with van der Waals surface area (Å²) in [5, 5.41) is 5.74. The van der Waals surface area contributed by atoms with Crippen LogP contribution in [-0.2, 0) is 12.8 Å². The van der Waals surface area contributed by atoms with Crippen molar-refractivity contribution in [2.75, 3.05) is 6.54 Å². The van der Waals surface area contributed by atoms with Gasteiger partial charge in [-0.1, -0.05) is 25.1 Å². The fourth-order valence-electron chi connectivity index (χ4n) is 5.26. The molecule has 5 aromatic rings. The van der Waals surface area contributed by atoms with Crippen LogP contribution < -0.4 is 5.73 Å². The predicted octanol–water partition coefficient (Wildman–Crippen LogP) is 4.44. The van der Waals surface area contributed by atoms with E-state index in [1.165, 1.54) is 23.1 Å². The Kier molecular flexibility index (Phi) is 5.29. The number of nitrogens with two attached hydrogens (primary N) is 1. The van der Waals surface area contributed by atoms with Gasteiger partial charge in [-0.05, 0) is 55.7 Å². The maximum Gasteiger partial charge on any atom is 0.273 e. The number of rotatable bonds is 4. The van der Waals surface area contributed by atoms with Crippen LogP contribution in [0.25, 0.3) is 27.8 Å². The van der Waals surface area contributed by atoms with Gasteiger partial charge in [-0.25, -0.2) is 13.9 Å². The van der Waals surface area contributed by atoms with E-state index in [9.17, 15) is 14.0 Å². The Bertz CT molecular complexity index is 1720. The number of nitrogens with zero attached hydrogens (tertiary/aromatic N) is 4. The molecule has 1 atom stereocenters. The molecule has 186 valence electrons. The first kappa shape index (κ1) is 22.9. The molecule has 4 heterocycles. The number of carbonyl (C=O) groups is 2. The van der Waals surface area contributed by atoms with Gasteiger partial charge in [0.15, 0.2) is 5.65 Å². The molecule has 37 heavy (non-hydrogen) atoms. The number of aryl methyl sites for hydroxylation is 1. The standard InChI is InChI=1S/C28H25FN6O2/c1-3-17-13-24(28(37)34-11-10-19-18-6-4-5-7-22(18)32-26(19)15(34)2)31-25-14-23(33-35(17)25)20-9-8-16(27(30)36)12-21(20)29/h4-9,12-15,32H,3,10-11H2,1-2H3,(H2,30,36). The molecule has 9 heteroatoms. The fourth-order valence-corrected chi connectivity index (χ4v) is 5.26. The summed E-state index contributed by atoms with van der Waals surface area (Å²) in [6.45, 7) is 4.58. The normalized spacial score (nSPS) is 15.3. The zero-order valence-corrected chi connectivity index (χ0v) is 20.5. The highest BCUT2D eigenvalue weighted by molar-refractivity contribution is 5.95. The fraction of sp³-hybridized carbons (Fsp3) is 0.214. The molecule has 3 aromatic heterocycles. The number of nitrogens with one attached hydrogen (secondary N) is 1. The van der Waals surface area contributed by atoms with Crippen LogP contribution in [-0.4, -0.2) is 42.8 Å². The van der Waals surface area contributed by atoms with Gasteiger partial charge in [0.2, 0.25) is 5.91 Å². The number of amides is 2.